The average Bonchev–Trinajstić information content (AvgIpc) is 3.65. The van der Waals surface area contributed by atoms with Crippen molar-refractivity contribution in [2.75, 3.05) is 12.4 Å². The predicted octanol–water partition coefficient (Wildman–Crippen LogP) is -2.04. The number of rotatable bonds is 10. The van der Waals surface area contributed by atoms with Gasteiger partial charge in [-0.05, 0) is 12.8 Å². The molecule has 0 spiro atoms. The van der Waals surface area contributed by atoms with Crippen LogP contribution < -0.4 is 27.2 Å². The monoisotopic (exact) mass is 550 g/mol. The number of aliphatic hydroxyl groups is 2. The Morgan fingerprint density at radius 3 is 2.89 bits per heavy atom. The Morgan fingerprint density at radius 1 is 1.26 bits per heavy atom. The Balaban J connectivity index is 1.12. The van der Waals surface area contributed by atoms with Gasteiger partial charge in [-0.15, -0.1) is 5.10 Å². The van der Waals surface area contributed by atoms with E-state index in [1.165, 1.54) is 17.1 Å². The van der Waals surface area contributed by atoms with Crippen molar-refractivity contribution < 1.29 is 24.5 Å². The zero-order chi connectivity index (χ0) is 26.8. The first-order valence-electron chi connectivity index (χ1n) is 12.5. The summed E-state index contributed by atoms with van der Waals surface area (Å²) in [5.41, 5.74) is -0.880. The molecule has 3 amide bonds. The number of thioether (sulfide) groups is 1. The minimum atomic E-state index is -1.21. The molecule has 2 aromatic heterocycles. The third-order valence-electron chi connectivity index (χ3n) is 7.05. The van der Waals surface area contributed by atoms with Gasteiger partial charge in [-0.2, -0.15) is 11.8 Å². The molecule has 3 aliphatic rings. The van der Waals surface area contributed by atoms with Crippen LogP contribution in [0.2, 0.25) is 0 Å². The van der Waals surface area contributed by atoms with Crippen molar-refractivity contribution in [3.05, 3.63) is 45.0 Å². The van der Waals surface area contributed by atoms with E-state index in [0.717, 1.165) is 35.6 Å². The quantitative estimate of drug-likeness (QED) is 0.141. The maximum absolute atomic E-state index is 12.3. The highest BCUT2D eigenvalue weighted by Crippen LogP contribution is 2.37. The first-order chi connectivity index (χ1) is 18.3. The van der Waals surface area contributed by atoms with Crippen LogP contribution >= 0.6 is 11.8 Å². The zero-order valence-corrected chi connectivity index (χ0v) is 21.2. The summed E-state index contributed by atoms with van der Waals surface area (Å²) in [7, 11) is 0. The summed E-state index contributed by atoms with van der Waals surface area (Å²) in [6.45, 7) is -0.370. The molecule has 16 heteroatoms. The lowest BCUT2D eigenvalue weighted by Gasteiger charge is -2.21. The number of aliphatic hydroxyl groups excluding tert-OH is 2. The maximum Gasteiger partial charge on any atom is 0.330 e. The van der Waals surface area contributed by atoms with Crippen molar-refractivity contribution in [3.8, 4) is 0 Å². The molecule has 5 rings (SSSR count). The van der Waals surface area contributed by atoms with Gasteiger partial charge < -0.3 is 30.9 Å². The molecular formula is C22H30N8O7S. The van der Waals surface area contributed by atoms with Crippen molar-refractivity contribution in [2.24, 2.45) is 0 Å². The number of nitrogens with one attached hydrogen (secondary N) is 4. The summed E-state index contributed by atoms with van der Waals surface area (Å²) in [4.78, 5) is 49.7. The second kappa shape index (κ2) is 11.3. The van der Waals surface area contributed by atoms with E-state index < -0.39 is 42.3 Å². The van der Waals surface area contributed by atoms with Crippen molar-refractivity contribution >= 4 is 23.7 Å². The zero-order valence-electron chi connectivity index (χ0n) is 20.4. The van der Waals surface area contributed by atoms with Gasteiger partial charge >= 0.3 is 11.7 Å². The number of fused-ring (bicyclic) bond motifs is 1. The third kappa shape index (κ3) is 5.48. The number of aromatic nitrogens is 5. The number of unbranched alkanes of at least 4 members (excludes halogenated alkanes) is 1. The molecule has 3 aliphatic heterocycles. The first-order valence-corrected chi connectivity index (χ1v) is 13.5. The summed E-state index contributed by atoms with van der Waals surface area (Å²) in [6, 6.07) is 0.471. The van der Waals surface area contributed by atoms with Crippen LogP contribution in [0.1, 0.15) is 43.6 Å². The maximum atomic E-state index is 12.3. The summed E-state index contributed by atoms with van der Waals surface area (Å²) >= 11 is 1.85. The van der Waals surface area contributed by atoms with Gasteiger partial charge in [0.25, 0.3) is 5.56 Å². The molecule has 0 aromatic carbocycles. The van der Waals surface area contributed by atoms with Gasteiger partial charge in [0, 0.05) is 29.7 Å². The van der Waals surface area contributed by atoms with E-state index in [2.05, 4.69) is 31.2 Å². The highest BCUT2D eigenvalue weighted by atomic mass is 32.2. The molecule has 3 fully saturated rings. The van der Waals surface area contributed by atoms with Gasteiger partial charge in [0.1, 0.15) is 23.9 Å². The van der Waals surface area contributed by atoms with E-state index in [4.69, 9.17) is 4.74 Å². The van der Waals surface area contributed by atoms with E-state index in [1.54, 1.807) is 0 Å². The average molecular weight is 551 g/mol. The summed E-state index contributed by atoms with van der Waals surface area (Å²) in [5.74, 6) is 0.775. The van der Waals surface area contributed by atoms with Crippen LogP contribution in [0.4, 0.5) is 4.79 Å². The predicted molar refractivity (Wildman–Crippen MR) is 133 cm³/mol. The lowest BCUT2D eigenvalue weighted by atomic mass is 10.0. The fourth-order valence-electron chi connectivity index (χ4n) is 5.12. The van der Waals surface area contributed by atoms with E-state index in [9.17, 15) is 29.4 Å². The Bertz CT molecular complexity index is 1280. The number of aromatic amines is 1. The van der Waals surface area contributed by atoms with Crippen LogP contribution in [-0.4, -0.2) is 88.6 Å². The standard InChI is InChI=1S/C22H30N8O7S/c31-9-13-19(34)18(20(37-13)29-6-5-16(33)25-22(29)36)30-8-11(27-28-30)7-23-15(32)4-2-1-3-14-17-12(10-38-14)24-21(35)26-17/h5-6,8,12-14,17-20,31,34H,1-4,7,9-10H2,(H,23,32)(H2,24,26,35)(H,25,33,36)/t12-,13+,14-,17-,18+,19+,20+/m0/s1. The summed E-state index contributed by atoms with van der Waals surface area (Å²) in [6.07, 6.45) is 2.39. The molecule has 15 nitrogen and oxygen atoms in total. The highest BCUT2D eigenvalue weighted by Gasteiger charge is 2.47. The van der Waals surface area contributed by atoms with Crippen molar-refractivity contribution in [1.29, 1.82) is 0 Å². The second-order valence-corrected chi connectivity index (χ2v) is 10.9. The summed E-state index contributed by atoms with van der Waals surface area (Å²) in [5, 5.41) is 37.4. The number of carbonyl (C=O) groups excluding carboxylic acids is 2. The topological polar surface area (TPSA) is 205 Å². The van der Waals surface area contributed by atoms with Crippen LogP contribution in [-0.2, 0) is 16.1 Å². The molecule has 0 bridgehead atoms. The number of carbonyl (C=O) groups is 2. The molecule has 5 heterocycles. The Labute approximate surface area is 220 Å². The van der Waals surface area contributed by atoms with Gasteiger partial charge in [0.05, 0.1) is 31.4 Å². The Kier molecular flexibility index (Phi) is 7.83. The van der Waals surface area contributed by atoms with Gasteiger partial charge in [0.2, 0.25) is 5.91 Å². The molecule has 6 N–H and O–H groups in total. The molecular weight excluding hydrogens is 520 g/mol. The van der Waals surface area contributed by atoms with Gasteiger partial charge in [-0.25, -0.2) is 14.3 Å². The lowest BCUT2D eigenvalue weighted by Crippen LogP contribution is -2.36. The number of urea groups is 1. The lowest BCUT2D eigenvalue weighted by molar-refractivity contribution is -0.121. The number of H-pyrrole nitrogens is 1. The van der Waals surface area contributed by atoms with E-state index in [0.29, 0.717) is 17.4 Å². The fourth-order valence-corrected chi connectivity index (χ4v) is 6.66. The van der Waals surface area contributed by atoms with Crippen LogP contribution in [0.25, 0.3) is 0 Å². The van der Waals surface area contributed by atoms with E-state index >= 15 is 0 Å². The van der Waals surface area contributed by atoms with Crippen molar-refractivity contribution in [1.82, 2.24) is 40.5 Å². The van der Waals surface area contributed by atoms with Crippen LogP contribution in [0.3, 0.4) is 0 Å². The largest absolute Gasteiger partial charge is 0.394 e. The summed E-state index contributed by atoms with van der Waals surface area (Å²) < 4.78 is 8.11. The SMILES string of the molecule is O=C(CCCC[C@@H]1SC[C@@H]2NC(=O)N[C@@H]21)NCc1cn([C@@H]2[C@H](O)[C@@H](CO)O[C@H]2n2ccc(=O)[nH]c2=O)nn1. The van der Waals surface area contributed by atoms with Crippen molar-refractivity contribution in [2.45, 2.75) is 74.0 Å². The minimum absolute atomic E-state index is 0.106. The van der Waals surface area contributed by atoms with Gasteiger partial charge in [-0.3, -0.25) is 19.1 Å². The van der Waals surface area contributed by atoms with Gasteiger partial charge in [0.15, 0.2) is 6.23 Å². The minimum Gasteiger partial charge on any atom is -0.394 e. The molecule has 2 aromatic rings. The van der Waals surface area contributed by atoms with E-state index in [1.807, 2.05) is 11.8 Å². The number of hydrogen-bond donors (Lipinski definition) is 6. The van der Waals surface area contributed by atoms with Crippen molar-refractivity contribution in [3.63, 3.8) is 0 Å². The molecule has 0 saturated carbocycles. The Morgan fingerprint density at radius 2 is 2.11 bits per heavy atom. The van der Waals surface area contributed by atoms with Crippen LogP contribution in [0, 0.1) is 0 Å². The fraction of sp³-hybridized carbons (Fsp3) is 0.636. The molecule has 7 atom stereocenters. The van der Waals surface area contributed by atoms with Crippen LogP contribution in [0.15, 0.2) is 28.0 Å². The number of amides is 3. The molecule has 38 heavy (non-hydrogen) atoms. The molecule has 206 valence electrons. The first kappa shape index (κ1) is 26.4. The highest BCUT2D eigenvalue weighted by molar-refractivity contribution is 8.00. The normalized spacial score (nSPS) is 30.2. The smallest absolute Gasteiger partial charge is 0.330 e. The number of hydrogen-bond acceptors (Lipinski definition) is 10. The molecule has 0 unspecified atom stereocenters. The van der Waals surface area contributed by atoms with Gasteiger partial charge in [-0.1, -0.05) is 11.6 Å². The molecule has 0 aliphatic carbocycles. The Hall–Kier alpha value is -3.21. The number of nitrogens with zero attached hydrogens (tertiary/aromatic N) is 4. The second-order valence-electron chi connectivity index (χ2n) is 9.58. The third-order valence-corrected chi connectivity index (χ3v) is 8.56. The molecule has 0 radical (unpaired) electrons. The number of ether oxygens (including phenoxy) is 1. The van der Waals surface area contributed by atoms with E-state index in [-0.39, 0.29) is 30.6 Å². The van der Waals surface area contributed by atoms with Crippen LogP contribution in [0.5, 0.6) is 0 Å². The molecule has 3 saturated heterocycles.